The average molecular weight is 463 g/mol. The highest BCUT2D eigenvalue weighted by Gasteiger charge is 2.32. The van der Waals surface area contributed by atoms with Crippen molar-refractivity contribution in [2.75, 3.05) is 19.7 Å². The highest BCUT2D eigenvalue weighted by Crippen LogP contribution is 2.36. The lowest BCUT2D eigenvalue weighted by Gasteiger charge is -2.35. The molecular weight excluding hydrogens is 436 g/mol. The van der Waals surface area contributed by atoms with Crippen molar-refractivity contribution >= 4 is 29.4 Å². The van der Waals surface area contributed by atoms with Crippen LogP contribution >= 0.6 is 11.8 Å². The second-order valence-electron chi connectivity index (χ2n) is 8.75. The van der Waals surface area contributed by atoms with Crippen LogP contribution in [0.2, 0.25) is 0 Å². The number of benzene rings is 1. The van der Waals surface area contributed by atoms with Crippen LogP contribution in [0.4, 0.5) is 0 Å². The molecule has 0 saturated carbocycles. The predicted octanol–water partition coefficient (Wildman–Crippen LogP) is 3.50. The van der Waals surface area contributed by atoms with Crippen LogP contribution in [0.1, 0.15) is 25.0 Å². The number of piperidine rings is 1. The van der Waals surface area contributed by atoms with Gasteiger partial charge in [0.25, 0.3) is 5.91 Å². The molecule has 5 heterocycles. The first-order valence-corrected chi connectivity index (χ1v) is 12.3. The van der Waals surface area contributed by atoms with Crippen molar-refractivity contribution in [2.24, 2.45) is 5.92 Å². The summed E-state index contributed by atoms with van der Waals surface area (Å²) in [7, 11) is 0. The number of para-hydroxylation sites is 2. The molecule has 6 rings (SSSR count). The molecule has 2 unspecified atom stereocenters. The van der Waals surface area contributed by atoms with E-state index in [1.165, 1.54) is 11.8 Å². The number of carbonyl (C=O) groups is 1. The molecule has 2 N–H and O–H groups in total. The molecule has 0 spiro atoms. The molecular formula is C25H26N4O3S. The van der Waals surface area contributed by atoms with Gasteiger partial charge in [-0.3, -0.25) is 9.20 Å². The minimum absolute atomic E-state index is 0.0163. The lowest BCUT2D eigenvalue weighted by molar-refractivity contribution is -0.118. The van der Waals surface area contributed by atoms with E-state index in [4.69, 9.17) is 9.47 Å². The van der Waals surface area contributed by atoms with Crippen molar-refractivity contribution in [1.82, 2.24) is 20.0 Å². The van der Waals surface area contributed by atoms with E-state index in [2.05, 4.69) is 20.0 Å². The van der Waals surface area contributed by atoms with Gasteiger partial charge in [0.1, 0.15) is 18.4 Å². The Morgan fingerprint density at radius 3 is 2.91 bits per heavy atom. The molecule has 2 atom stereocenters. The van der Waals surface area contributed by atoms with Crippen molar-refractivity contribution in [3.63, 3.8) is 0 Å². The molecule has 2 aromatic heterocycles. The number of amides is 1. The number of nitrogens with one attached hydrogen (secondary N) is 2. The highest BCUT2D eigenvalue weighted by molar-refractivity contribution is 8.04. The van der Waals surface area contributed by atoms with Gasteiger partial charge in [0, 0.05) is 12.5 Å². The Morgan fingerprint density at radius 2 is 2.03 bits per heavy atom. The van der Waals surface area contributed by atoms with Crippen LogP contribution in [-0.2, 0) is 4.79 Å². The van der Waals surface area contributed by atoms with Crippen molar-refractivity contribution in [3.05, 3.63) is 59.3 Å². The second kappa shape index (κ2) is 8.76. The SMILES string of the molecule is O=C(NC(CC1COc2ccccc2O1)C1CCNCC1)C1=Cc2cnc3cccc(n23)S1. The third-order valence-corrected chi connectivity index (χ3v) is 7.64. The van der Waals surface area contributed by atoms with E-state index in [-0.39, 0.29) is 18.1 Å². The summed E-state index contributed by atoms with van der Waals surface area (Å²) in [6, 6.07) is 13.8. The molecule has 3 aliphatic heterocycles. The number of rotatable bonds is 5. The van der Waals surface area contributed by atoms with Gasteiger partial charge in [-0.1, -0.05) is 30.0 Å². The molecule has 1 saturated heterocycles. The lowest BCUT2D eigenvalue weighted by atomic mass is 9.87. The topological polar surface area (TPSA) is 76.9 Å². The molecule has 1 amide bonds. The number of hydrogen-bond donors (Lipinski definition) is 2. The summed E-state index contributed by atoms with van der Waals surface area (Å²) in [5.41, 5.74) is 1.83. The lowest BCUT2D eigenvalue weighted by Crippen LogP contribution is -2.48. The number of hydrogen-bond acceptors (Lipinski definition) is 6. The van der Waals surface area contributed by atoms with Gasteiger partial charge in [0.2, 0.25) is 0 Å². The Balaban J connectivity index is 1.21. The summed E-state index contributed by atoms with van der Waals surface area (Å²) in [5, 5.41) is 7.80. The minimum atomic E-state index is -0.0942. The molecule has 8 heteroatoms. The zero-order chi connectivity index (χ0) is 22.2. The summed E-state index contributed by atoms with van der Waals surface area (Å²) in [5.74, 6) is 1.92. The molecule has 3 aliphatic rings. The van der Waals surface area contributed by atoms with E-state index in [1.54, 1.807) is 0 Å². The van der Waals surface area contributed by atoms with Gasteiger partial charge in [-0.2, -0.15) is 0 Å². The highest BCUT2D eigenvalue weighted by atomic mass is 32.2. The molecule has 0 aliphatic carbocycles. The third kappa shape index (κ3) is 4.09. The number of ether oxygens (including phenoxy) is 2. The summed E-state index contributed by atoms with van der Waals surface area (Å²) < 4.78 is 14.2. The number of carbonyl (C=O) groups excluding carboxylic acids is 1. The molecule has 170 valence electrons. The molecule has 1 fully saturated rings. The summed E-state index contributed by atoms with van der Waals surface area (Å²) >= 11 is 1.49. The van der Waals surface area contributed by atoms with Crippen molar-refractivity contribution < 1.29 is 14.3 Å². The average Bonchev–Trinajstić information content (AvgIpc) is 3.28. The van der Waals surface area contributed by atoms with Crippen molar-refractivity contribution in [1.29, 1.82) is 0 Å². The fraction of sp³-hybridized carbons (Fsp3) is 0.360. The first-order chi connectivity index (χ1) is 16.2. The van der Waals surface area contributed by atoms with Crippen LogP contribution in [0.5, 0.6) is 11.5 Å². The standard InChI is InChI=1S/C25H26N4O3S/c30-25(22-12-17-14-27-23-6-3-7-24(33-22)29(17)23)28-19(16-8-10-26-11-9-16)13-18-15-31-20-4-1-2-5-21(20)32-18/h1-7,12,14,16,18-19,26H,8-11,13,15H2,(H,28,30). The first kappa shape index (κ1) is 20.6. The van der Waals surface area contributed by atoms with E-state index in [0.29, 0.717) is 17.4 Å². The number of thioether (sulfide) groups is 1. The number of imidazole rings is 1. The Morgan fingerprint density at radius 1 is 1.18 bits per heavy atom. The Labute approximate surface area is 196 Å². The van der Waals surface area contributed by atoms with E-state index in [0.717, 1.165) is 60.2 Å². The van der Waals surface area contributed by atoms with Crippen molar-refractivity contribution in [3.8, 4) is 11.5 Å². The third-order valence-electron chi connectivity index (χ3n) is 6.59. The predicted molar refractivity (Wildman–Crippen MR) is 128 cm³/mol. The molecule has 0 bridgehead atoms. The summed E-state index contributed by atoms with van der Waals surface area (Å²) in [6.45, 7) is 2.44. The largest absolute Gasteiger partial charge is 0.486 e. The quantitative estimate of drug-likeness (QED) is 0.605. The van der Waals surface area contributed by atoms with Gasteiger partial charge in [-0.15, -0.1) is 0 Å². The van der Waals surface area contributed by atoms with E-state index in [9.17, 15) is 4.79 Å². The number of nitrogens with zero attached hydrogens (tertiary/aromatic N) is 2. The van der Waals surface area contributed by atoms with Gasteiger partial charge < -0.3 is 20.1 Å². The van der Waals surface area contributed by atoms with E-state index >= 15 is 0 Å². The smallest absolute Gasteiger partial charge is 0.258 e. The van der Waals surface area contributed by atoms with Crippen LogP contribution in [-0.4, -0.2) is 47.1 Å². The van der Waals surface area contributed by atoms with Crippen LogP contribution < -0.4 is 20.1 Å². The number of pyridine rings is 1. The maximum atomic E-state index is 13.4. The Kier molecular flexibility index (Phi) is 5.47. The first-order valence-electron chi connectivity index (χ1n) is 11.5. The molecule has 3 aromatic rings. The second-order valence-corrected chi connectivity index (χ2v) is 9.81. The fourth-order valence-electron chi connectivity index (χ4n) is 4.92. The maximum absolute atomic E-state index is 13.4. The number of aromatic nitrogens is 2. The van der Waals surface area contributed by atoms with Gasteiger partial charge in [-0.25, -0.2) is 4.98 Å². The van der Waals surface area contributed by atoms with Crippen LogP contribution in [0, 0.1) is 5.92 Å². The summed E-state index contributed by atoms with van der Waals surface area (Å²) in [6.07, 6.45) is 6.45. The molecule has 0 radical (unpaired) electrons. The van der Waals surface area contributed by atoms with E-state index < -0.39 is 0 Å². The maximum Gasteiger partial charge on any atom is 0.258 e. The van der Waals surface area contributed by atoms with Crippen LogP contribution in [0.25, 0.3) is 11.7 Å². The van der Waals surface area contributed by atoms with Gasteiger partial charge >= 0.3 is 0 Å². The molecule has 33 heavy (non-hydrogen) atoms. The zero-order valence-corrected chi connectivity index (χ0v) is 19.0. The molecule has 1 aromatic carbocycles. The minimum Gasteiger partial charge on any atom is -0.486 e. The normalized spacial score (nSPS) is 20.8. The van der Waals surface area contributed by atoms with Crippen molar-refractivity contribution in [2.45, 2.75) is 36.4 Å². The summed E-state index contributed by atoms with van der Waals surface area (Å²) in [4.78, 5) is 18.6. The Bertz CT molecular complexity index is 1220. The van der Waals surface area contributed by atoms with E-state index in [1.807, 2.05) is 54.7 Å². The zero-order valence-electron chi connectivity index (χ0n) is 18.2. The van der Waals surface area contributed by atoms with Gasteiger partial charge in [0.15, 0.2) is 11.5 Å². The fourth-order valence-corrected chi connectivity index (χ4v) is 5.91. The molecule has 7 nitrogen and oxygen atoms in total. The Hall–Kier alpha value is -2.97. The van der Waals surface area contributed by atoms with Crippen LogP contribution in [0.15, 0.2) is 58.6 Å². The number of fused-ring (bicyclic) bond motifs is 1. The van der Waals surface area contributed by atoms with Gasteiger partial charge in [0.05, 0.1) is 21.8 Å². The monoisotopic (exact) mass is 462 g/mol. The van der Waals surface area contributed by atoms with Crippen LogP contribution in [0.3, 0.4) is 0 Å². The van der Waals surface area contributed by atoms with Gasteiger partial charge in [-0.05, 0) is 62.2 Å².